The van der Waals surface area contributed by atoms with Crippen molar-refractivity contribution in [3.63, 3.8) is 0 Å². The Bertz CT molecular complexity index is 621. The van der Waals surface area contributed by atoms with Crippen molar-refractivity contribution in [3.05, 3.63) is 35.9 Å². The predicted molar refractivity (Wildman–Crippen MR) is 92.3 cm³/mol. The van der Waals surface area contributed by atoms with Gasteiger partial charge >= 0.3 is 6.03 Å². The number of rotatable bonds is 4. The van der Waals surface area contributed by atoms with Crippen molar-refractivity contribution in [2.45, 2.75) is 36.8 Å². The molecule has 2 aliphatic rings. The van der Waals surface area contributed by atoms with Crippen LogP contribution in [0.15, 0.2) is 30.3 Å². The molecule has 3 amide bonds. The van der Waals surface area contributed by atoms with Gasteiger partial charge in [0.2, 0.25) is 5.91 Å². The van der Waals surface area contributed by atoms with Crippen LogP contribution in [0, 0.1) is 0 Å². The summed E-state index contributed by atoms with van der Waals surface area (Å²) in [6.07, 6.45) is 3.71. The van der Waals surface area contributed by atoms with Gasteiger partial charge in [-0.1, -0.05) is 30.3 Å². The Kier molecular flexibility index (Phi) is 4.25. The Hall–Kier alpha value is -2.08. The smallest absolute Gasteiger partial charge is 0.318 e. The van der Waals surface area contributed by atoms with Crippen molar-refractivity contribution in [2.75, 3.05) is 27.2 Å². The monoisotopic (exact) mass is 330 g/mol. The van der Waals surface area contributed by atoms with Crippen LogP contribution in [0.4, 0.5) is 4.79 Å². The Morgan fingerprint density at radius 3 is 2.38 bits per heavy atom. The van der Waals surface area contributed by atoms with Crippen molar-refractivity contribution in [1.29, 1.82) is 0 Å². The summed E-state index contributed by atoms with van der Waals surface area (Å²) >= 11 is 0. The van der Waals surface area contributed by atoms with Crippen LogP contribution < -0.4 is 11.1 Å². The van der Waals surface area contributed by atoms with Crippen LogP contribution in [0.2, 0.25) is 0 Å². The second kappa shape index (κ2) is 6.09. The van der Waals surface area contributed by atoms with Gasteiger partial charge in [-0.25, -0.2) is 4.79 Å². The van der Waals surface area contributed by atoms with Gasteiger partial charge in [-0.05, 0) is 45.3 Å². The van der Waals surface area contributed by atoms with E-state index in [1.807, 2.05) is 6.07 Å². The highest BCUT2D eigenvalue weighted by molar-refractivity contribution is 5.84. The van der Waals surface area contributed by atoms with Crippen LogP contribution in [0.3, 0.4) is 0 Å². The van der Waals surface area contributed by atoms with Crippen molar-refractivity contribution in [1.82, 2.24) is 15.1 Å². The number of hydrogen-bond donors (Lipinski definition) is 2. The molecule has 1 saturated carbocycles. The molecule has 3 N–H and O–H groups in total. The van der Waals surface area contributed by atoms with E-state index in [0.29, 0.717) is 6.54 Å². The summed E-state index contributed by atoms with van der Waals surface area (Å²) in [6.45, 7) is 0.554. The minimum absolute atomic E-state index is 0.00561. The van der Waals surface area contributed by atoms with E-state index in [-0.39, 0.29) is 23.7 Å². The van der Waals surface area contributed by atoms with Gasteiger partial charge in [-0.2, -0.15) is 0 Å². The molecule has 1 aliphatic carbocycles. The first-order valence-electron chi connectivity index (χ1n) is 8.45. The molecule has 3 rings (SSSR count). The molecular formula is C18H26N4O2. The molecule has 1 aromatic carbocycles. The summed E-state index contributed by atoms with van der Waals surface area (Å²) in [5.41, 5.74) is 6.33. The zero-order valence-corrected chi connectivity index (χ0v) is 14.4. The minimum Gasteiger partial charge on any atom is -0.368 e. The lowest BCUT2D eigenvalue weighted by molar-refractivity contribution is -0.118. The molecule has 0 atom stereocenters. The zero-order chi connectivity index (χ0) is 17.4. The summed E-state index contributed by atoms with van der Waals surface area (Å²) < 4.78 is 0. The standard InChI is InChI=1S/C18H26N4O2/c1-21(2)18(14-6-4-3-5-7-14)10-8-17(9-11-18)13-22(12-15(19)23)16(24)20-17/h3-7H,8-13H2,1-2H3,(H2,19,23)(H,20,24)/t17-,18-. The van der Waals surface area contributed by atoms with Gasteiger partial charge < -0.3 is 16.0 Å². The summed E-state index contributed by atoms with van der Waals surface area (Å²) in [5.74, 6) is -0.468. The summed E-state index contributed by atoms with van der Waals surface area (Å²) in [7, 11) is 4.25. The lowest BCUT2D eigenvalue weighted by Gasteiger charge is -2.48. The third kappa shape index (κ3) is 2.86. The van der Waals surface area contributed by atoms with Crippen molar-refractivity contribution >= 4 is 11.9 Å². The van der Waals surface area contributed by atoms with Gasteiger partial charge in [0.15, 0.2) is 0 Å². The first kappa shape index (κ1) is 16.8. The highest BCUT2D eigenvalue weighted by Gasteiger charge is 2.50. The first-order valence-corrected chi connectivity index (χ1v) is 8.45. The highest BCUT2D eigenvalue weighted by Crippen LogP contribution is 2.45. The molecule has 1 spiro atoms. The second-order valence-electron chi connectivity index (χ2n) is 7.32. The minimum atomic E-state index is -0.468. The van der Waals surface area contributed by atoms with Gasteiger partial charge in [0.1, 0.15) is 6.54 Å². The number of nitrogens with one attached hydrogen (secondary N) is 1. The van der Waals surface area contributed by atoms with E-state index >= 15 is 0 Å². The van der Waals surface area contributed by atoms with Crippen LogP contribution in [0.5, 0.6) is 0 Å². The Labute approximate surface area is 143 Å². The molecule has 0 radical (unpaired) electrons. The highest BCUT2D eigenvalue weighted by atomic mass is 16.2. The average molecular weight is 330 g/mol. The fourth-order valence-electron chi connectivity index (χ4n) is 4.27. The maximum absolute atomic E-state index is 12.1. The molecule has 0 unspecified atom stereocenters. The molecule has 6 nitrogen and oxygen atoms in total. The quantitative estimate of drug-likeness (QED) is 0.872. The van der Waals surface area contributed by atoms with E-state index in [9.17, 15) is 9.59 Å². The number of hydrogen-bond acceptors (Lipinski definition) is 3. The van der Waals surface area contributed by atoms with Gasteiger partial charge in [0.25, 0.3) is 0 Å². The molecule has 6 heteroatoms. The average Bonchev–Trinajstić information content (AvgIpc) is 2.84. The van der Waals surface area contributed by atoms with Crippen molar-refractivity contribution < 1.29 is 9.59 Å². The summed E-state index contributed by atoms with van der Waals surface area (Å²) in [4.78, 5) is 27.1. The van der Waals surface area contributed by atoms with Crippen LogP contribution in [0.25, 0.3) is 0 Å². The molecule has 1 saturated heterocycles. The number of nitrogens with two attached hydrogens (primary N) is 1. The summed E-state index contributed by atoms with van der Waals surface area (Å²) in [6, 6.07) is 10.4. The number of carbonyl (C=O) groups is 2. The molecule has 130 valence electrons. The Balaban J connectivity index is 1.77. The van der Waals surface area contributed by atoms with Gasteiger partial charge in [0.05, 0.1) is 5.54 Å². The maximum atomic E-state index is 12.1. The fourth-order valence-corrected chi connectivity index (χ4v) is 4.27. The predicted octanol–water partition coefficient (Wildman–Crippen LogP) is 1.27. The number of amides is 3. The van der Waals surface area contributed by atoms with Crippen LogP contribution >= 0.6 is 0 Å². The number of benzene rings is 1. The molecule has 1 aromatic rings. The molecule has 1 aliphatic heterocycles. The van der Waals surface area contributed by atoms with E-state index in [0.717, 1.165) is 25.7 Å². The Morgan fingerprint density at radius 2 is 1.83 bits per heavy atom. The first-order chi connectivity index (χ1) is 11.4. The van der Waals surface area contributed by atoms with E-state index in [1.54, 1.807) is 0 Å². The molecule has 24 heavy (non-hydrogen) atoms. The second-order valence-corrected chi connectivity index (χ2v) is 7.32. The normalized spacial score (nSPS) is 30.0. The SMILES string of the molecule is CN(C)[C@]1(c2ccccc2)CC[C@@]2(CC1)CN(CC(N)=O)C(=O)N2. The van der Waals surface area contributed by atoms with Gasteiger partial charge in [0, 0.05) is 12.1 Å². The largest absolute Gasteiger partial charge is 0.368 e. The number of urea groups is 1. The lowest BCUT2D eigenvalue weighted by Crippen LogP contribution is -2.54. The topological polar surface area (TPSA) is 78.7 Å². The number of nitrogens with zero attached hydrogens (tertiary/aromatic N) is 2. The number of primary amides is 1. The van der Waals surface area contributed by atoms with Crippen molar-refractivity contribution in [2.24, 2.45) is 5.73 Å². The third-order valence-electron chi connectivity index (χ3n) is 5.70. The molecule has 1 heterocycles. The van der Waals surface area contributed by atoms with Crippen LogP contribution in [-0.4, -0.2) is 54.5 Å². The summed E-state index contributed by atoms with van der Waals surface area (Å²) in [5, 5.41) is 3.11. The van der Waals surface area contributed by atoms with Crippen LogP contribution in [-0.2, 0) is 10.3 Å². The molecular weight excluding hydrogens is 304 g/mol. The van der Waals surface area contributed by atoms with Crippen molar-refractivity contribution in [3.8, 4) is 0 Å². The third-order valence-corrected chi connectivity index (χ3v) is 5.70. The Morgan fingerprint density at radius 1 is 1.21 bits per heavy atom. The van der Waals surface area contributed by atoms with Crippen LogP contribution in [0.1, 0.15) is 31.2 Å². The van der Waals surface area contributed by atoms with E-state index in [1.165, 1.54) is 10.5 Å². The zero-order valence-electron chi connectivity index (χ0n) is 14.4. The van der Waals surface area contributed by atoms with E-state index in [2.05, 4.69) is 48.6 Å². The van der Waals surface area contributed by atoms with E-state index < -0.39 is 5.91 Å². The number of carbonyl (C=O) groups excluding carboxylic acids is 2. The molecule has 0 aromatic heterocycles. The maximum Gasteiger partial charge on any atom is 0.318 e. The fraction of sp³-hybridized carbons (Fsp3) is 0.556. The lowest BCUT2D eigenvalue weighted by atomic mass is 9.69. The van der Waals surface area contributed by atoms with Gasteiger partial charge in [-0.15, -0.1) is 0 Å². The van der Waals surface area contributed by atoms with E-state index in [4.69, 9.17) is 5.73 Å². The molecule has 0 bridgehead atoms. The molecule has 2 fully saturated rings. The van der Waals surface area contributed by atoms with Gasteiger partial charge in [-0.3, -0.25) is 9.69 Å².